The van der Waals surface area contributed by atoms with Gasteiger partial charge in [0.05, 0.1) is 19.1 Å². The van der Waals surface area contributed by atoms with Crippen LogP contribution in [0.1, 0.15) is 27.0 Å². The normalized spacial score (nSPS) is 14.0. The SMILES string of the molecule is COC(=O)c1cc(CNC(=O)[C@@H]2Cc3ccccc3O2)cc(NC(=O)Cc2ccccc2)c1. The number of hydrogen-bond acceptors (Lipinski definition) is 5. The molecule has 33 heavy (non-hydrogen) atoms. The maximum atomic E-state index is 12.6. The van der Waals surface area contributed by atoms with Gasteiger partial charge in [0, 0.05) is 18.7 Å². The van der Waals surface area contributed by atoms with Crippen molar-refractivity contribution >= 4 is 23.5 Å². The van der Waals surface area contributed by atoms with Crippen LogP contribution in [0, 0.1) is 0 Å². The molecule has 0 spiro atoms. The fourth-order valence-corrected chi connectivity index (χ4v) is 3.72. The van der Waals surface area contributed by atoms with Gasteiger partial charge in [0.25, 0.3) is 5.91 Å². The molecule has 168 valence electrons. The number of nitrogens with one attached hydrogen (secondary N) is 2. The molecule has 0 unspecified atom stereocenters. The molecule has 1 aliphatic rings. The van der Waals surface area contributed by atoms with E-state index in [9.17, 15) is 14.4 Å². The molecule has 1 atom stereocenters. The summed E-state index contributed by atoms with van der Waals surface area (Å²) in [7, 11) is 1.29. The lowest BCUT2D eigenvalue weighted by atomic mass is 10.1. The summed E-state index contributed by atoms with van der Waals surface area (Å²) in [6.07, 6.45) is 0.108. The second-order valence-electron chi connectivity index (χ2n) is 7.76. The Morgan fingerprint density at radius 1 is 0.970 bits per heavy atom. The molecule has 1 aliphatic heterocycles. The topological polar surface area (TPSA) is 93.7 Å². The number of anilines is 1. The lowest BCUT2D eigenvalue weighted by molar-refractivity contribution is -0.127. The average molecular weight is 444 g/mol. The van der Waals surface area contributed by atoms with Crippen LogP contribution >= 0.6 is 0 Å². The van der Waals surface area contributed by atoms with Crippen molar-refractivity contribution < 1.29 is 23.9 Å². The number of amides is 2. The van der Waals surface area contributed by atoms with E-state index >= 15 is 0 Å². The fraction of sp³-hybridized carbons (Fsp3) is 0.192. The summed E-state index contributed by atoms with van der Waals surface area (Å²) in [5.74, 6) is -0.273. The zero-order valence-corrected chi connectivity index (χ0v) is 18.2. The monoisotopic (exact) mass is 444 g/mol. The number of benzene rings is 3. The van der Waals surface area contributed by atoms with E-state index in [0.29, 0.717) is 23.4 Å². The summed E-state index contributed by atoms with van der Waals surface area (Å²) >= 11 is 0. The van der Waals surface area contributed by atoms with Crippen molar-refractivity contribution in [1.29, 1.82) is 0 Å². The van der Waals surface area contributed by atoms with Crippen LogP contribution in [0.2, 0.25) is 0 Å². The maximum absolute atomic E-state index is 12.6. The number of rotatable bonds is 7. The van der Waals surface area contributed by atoms with E-state index in [2.05, 4.69) is 10.6 Å². The van der Waals surface area contributed by atoms with Crippen LogP contribution in [0.3, 0.4) is 0 Å². The molecule has 1 heterocycles. The summed E-state index contributed by atoms with van der Waals surface area (Å²) < 4.78 is 10.6. The first-order chi connectivity index (χ1) is 16.0. The van der Waals surface area contributed by atoms with E-state index in [0.717, 1.165) is 11.1 Å². The molecule has 0 fully saturated rings. The fourth-order valence-electron chi connectivity index (χ4n) is 3.72. The van der Waals surface area contributed by atoms with Crippen LogP contribution in [-0.2, 0) is 33.7 Å². The predicted octanol–water partition coefficient (Wildman–Crippen LogP) is 3.27. The zero-order valence-electron chi connectivity index (χ0n) is 18.2. The third-order valence-corrected chi connectivity index (χ3v) is 5.31. The second-order valence-corrected chi connectivity index (χ2v) is 7.76. The summed E-state index contributed by atoms with van der Waals surface area (Å²) in [5, 5.41) is 5.67. The van der Waals surface area contributed by atoms with Gasteiger partial charge in [-0.05, 0) is 41.0 Å². The van der Waals surface area contributed by atoms with Crippen LogP contribution in [0.25, 0.3) is 0 Å². The quantitative estimate of drug-likeness (QED) is 0.546. The van der Waals surface area contributed by atoms with Gasteiger partial charge in [0.15, 0.2) is 6.10 Å². The molecule has 0 bridgehead atoms. The number of methoxy groups -OCH3 is 1. The van der Waals surface area contributed by atoms with Gasteiger partial charge >= 0.3 is 5.97 Å². The highest BCUT2D eigenvalue weighted by molar-refractivity contribution is 5.95. The molecule has 3 aromatic rings. The Labute approximate surface area is 191 Å². The van der Waals surface area contributed by atoms with Gasteiger partial charge < -0.3 is 20.1 Å². The minimum atomic E-state index is -0.601. The number of hydrogen-bond donors (Lipinski definition) is 2. The van der Waals surface area contributed by atoms with Crippen molar-refractivity contribution in [3.05, 3.63) is 95.1 Å². The van der Waals surface area contributed by atoms with Crippen LogP contribution in [0.4, 0.5) is 5.69 Å². The van der Waals surface area contributed by atoms with Gasteiger partial charge in [0.2, 0.25) is 5.91 Å². The summed E-state index contributed by atoms with van der Waals surface area (Å²) in [6.45, 7) is 0.168. The first-order valence-corrected chi connectivity index (χ1v) is 10.6. The van der Waals surface area contributed by atoms with E-state index in [4.69, 9.17) is 9.47 Å². The van der Waals surface area contributed by atoms with Gasteiger partial charge in [-0.15, -0.1) is 0 Å². The van der Waals surface area contributed by atoms with Crippen molar-refractivity contribution in [2.45, 2.75) is 25.5 Å². The van der Waals surface area contributed by atoms with E-state index in [-0.39, 0.29) is 30.3 Å². The first kappa shape index (κ1) is 22.1. The summed E-state index contributed by atoms with van der Waals surface area (Å²) in [5.41, 5.74) is 3.26. The molecule has 0 radical (unpaired) electrons. The summed E-state index contributed by atoms with van der Waals surface area (Å²) in [4.78, 5) is 37.2. The predicted molar refractivity (Wildman–Crippen MR) is 123 cm³/mol. The van der Waals surface area contributed by atoms with Gasteiger partial charge in [-0.25, -0.2) is 4.79 Å². The van der Waals surface area contributed by atoms with Crippen LogP contribution < -0.4 is 15.4 Å². The van der Waals surface area contributed by atoms with Crippen molar-refractivity contribution in [1.82, 2.24) is 5.32 Å². The third kappa shape index (κ3) is 5.57. The Morgan fingerprint density at radius 2 is 1.73 bits per heavy atom. The molecule has 3 aromatic carbocycles. The molecule has 0 aliphatic carbocycles. The third-order valence-electron chi connectivity index (χ3n) is 5.31. The minimum absolute atomic E-state index is 0.168. The molecular weight excluding hydrogens is 420 g/mol. The molecule has 0 saturated carbocycles. The van der Waals surface area contributed by atoms with Gasteiger partial charge in [-0.3, -0.25) is 9.59 Å². The number of para-hydroxylation sites is 1. The minimum Gasteiger partial charge on any atom is -0.480 e. The highest BCUT2D eigenvalue weighted by Crippen LogP contribution is 2.28. The van der Waals surface area contributed by atoms with Crippen molar-refractivity contribution in [2.24, 2.45) is 0 Å². The maximum Gasteiger partial charge on any atom is 0.337 e. The van der Waals surface area contributed by atoms with E-state index in [1.165, 1.54) is 7.11 Å². The highest BCUT2D eigenvalue weighted by Gasteiger charge is 2.28. The van der Waals surface area contributed by atoms with Gasteiger partial charge in [-0.1, -0.05) is 48.5 Å². The Hall–Kier alpha value is -4.13. The standard InChI is InChI=1S/C26H24N2O5/c1-32-26(31)20-11-18(12-21(14-20)28-24(29)13-17-7-3-2-4-8-17)16-27-25(30)23-15-19-9-5-6-10-22(19)33-23/h2-12,14,23H,13,15-16H2,1H3,(H,27,30)(H,28,29)/t23-/m0/s1. The number of carbonyl (C=O) groups is 3. The van der Waals surface area contributed by atoms with Crippen molar-refractivity contribution in [3.63, 3.8) is 0 Å². The number of fused-ring (bicyclic) bond motifs is 1. The molecule has 7 heteroatoms. The summed E-state index contributed by atoms with van der Waals surface area (Å²) in [6, 6.07) is 21.8. The van der Waals surface area contributed by atoms with Gasteiger partial charge in [0.1, 0.15) is 5.75 Å². The molecule has 7 nitrogen and oxygen atoms in total. The Kier molecular flexibility index (Phi) is 6.69. The Morgan fingerprint density at radius 3 is 2.48 bits per heavy atom. The van der Waals surface area contributed by atoms with Crippen LogP contribution in [0.15, 0.2) is 72.8 Å². The van der Waals surface area contributed by atoms with Crippen LogP contribution in [0.5, 0.6) is 5.75 Å². The Balaban J connectivity index is 1.43. The highest BCUT2D eigenvalue weighted by atomic mass is 16.5. The molecule has 0 saturated heterocycles. The number of ether oxygens (including phenoxy) is 2. The van der Waals surface area contributed by atoms with Crippen molar-refractivity contribution in [3.8, 4) is 5.75 Å². The number of carbonyl (C=O) groups excluding carboxylic acids is 3. The molecule has 0 aromatic heterocycles. The molecule has 2 N–H and O–H groups in total. The molecule has 2 amide bonds. The van der Waals surface area contributed by atoms with Crippen molar-refractivity contribution in [2.75, 3.05) is 12.4 Å². The lowest BCUT2D eigenvalue weighted by Gasteiger charge is -2.13. The zero-order chi connectivity index (χ0) is 23.2. The van der Waals surface area contributed by atoms with E-state index in [1.54, 1.807) is 18.2 Å². The second kappa shape index (κ2) is 9.99. The lowest BCUT2D eigenvalue weighted by Crippen LogP contribution is -2.37. The van der Waals surface area contributed by atoms with E-state index < -0.39 is 12.1 Å². The smallest absolute Gasteiger partial charge is 0.337 e. The molecular formula is C26H24N2O5. The van der Waals surface area contributed by atoms with E-state index in [1.807, 2.05) is 54.6 Å². The van der Waals surface area contributed by atoms with Gasteiger partial charge in [-0.2, -0.15) is 0 Å². The number of esters is 1. The molecule has 4 rings (SSSR count). The Bertz CT molecular complexity index is 1150. The largest absolute Gasteiger partial charge is 0.480 e. The van der Waals surface area contributed by atoms with Crippen LogP contribution in [-0.4, -0.2) is 31.0 Å². The average Bonchev–Trinajstić information content (AvgIpc) is 3.27. The first-order valence-electron chi connectivity index (χ1n) is 10.6.